The van der Waals surface area contributed by atoms with Crippen LogP contribution in [0.25, 0.3) is 5.57 Å². The van der Waals surface area contributed by atoms with E-state index in [9.17, 15) is 0 Å². The van der Waals surface area contributed by atoms with Gasteiger partial charge in [-0.2, -0.15) is 12.6 Å². The molecule has 3 heteroatoms. The van der Waals surface area contributed by atoms with Crippen LogP contribution < -0.4 is 4.74 Å². The van der Waals surface area contributed by atoms with E-state index in [1.165, 1.54) is 0 Å². The van der Waals surface area contributed by atoms with Gasteiger partial charge in [-0.25, -0.2) is 0 Å². The van der Waals surface area contributed by atoms with Crippen LogP contribution in [0.2, 0.25) is 5.02 Å². The van der Waals surface area contributed by atoms with Crippen molar-refractivity contribution in [2.45, 2.75) is 13.8 Å². The van der Waals surface area contributed by atoms with E-state index in [2.05, 4.69) is 12.6 Å². The van der Waals surface area contributed by atoms with Gasteiger partial charge in [-0.15, -0.1) is 0 Å². The van der Waals surface area contributed by atoms with Gasteiger partial charge in [0.15, 0.2) is 0 Å². The van der Waals surface area contributed by atoms with Gasteiger partial charge in [0, 0.05) is 0 Å². The molecule has 0 spiro atoms. The average Bonchev–Trinajstić information content (AvgIpc) is 2.17. The maximum atomic E-state index is 6.08. The van der Waals surface area contributed by atoms with Crippen LogP contribution in [-0.2, 0) is 0 Å². The molecule has 0 aliphatic heterocycles. The summed E-state index contributed by atoms with van der Waals surface area (Å²) in [5, 5.41) is 2.43. The van der Waals surface area contributed by atoms with E-state index < -0.39 is 0 Å². The minimum atomic E-state index is 0.650. The van der Waals surface area contributed by atoms with Crippen molar-refractivity contribution in [1.29, 1.82) is 0 Å². The summed E-state index contributed by atoms with van der Waals surface area (Å²) < 4.78 is 5.33. The lowest BCUT2D eigenvalue weighted by Gasteiger charge is -2.07. The molecule has 1 nitrogen and oxygen atoms in total. The number of hydrogen-bond donors (Lipinski definition) is 1. The highest BCUT2D eigenvalue weighted by molar-refractivity contribution is 7.83. The highest BCUT2D eigenvalue weighted by Crippen LogP contribution is 2.28. The molecule has 0 radical (unpaired) electrons. The fourth-order valence-corrected chi connectivity index (χ4v) is 1.60. The SMILES string of the molecule is CCOc1ccc(/C(C)=C/S)c(Cl)c1. The van der Waals surface area contributed by atoms with E-state index in [0.717, 1.165) is 16.9 Å². The molecule has 1 aromatic rings. The van der Waals surface area contributed by atoms with Crippen molar-refractivity contribution in [2.75, 3.05) is 6.61 Å². The summed E-state index contributed by atoms with van der Waals surface area (Å²) in [6, 6.07) is 5.67. The first kappa shape index (κ1) is 11.5. The summed E-state index contributed by atoms with van der Waals surface area (Å²) in [5.74, 6) is 0.799. The van der Waals surface area contributed by atoms with E-state index in [1.54, 1.807) is 5.41 Å². The third kappa shape index (κ3) is 2.69. The molecule has 0 unspecified atom stereocenters. The van der Waals surface area contributed by atoms with E-state index in [4.69, 9.17) is 16.3 Å². The normalized spacial score (nSPS) is 11.6. The van der Waals surface area contributed by atoms with Gasteiger partial charge in [-0.1, -0.05) is 11.6 Å². The third-order valence-corrected chi connectivity index (χ3v) is 2.57. The predicted molar refractivity (Wildman–Crippen MR) is 65.3 cm³/mol. The molecule has 14 heavy (non-hydrogen) atoms. The number of halogens is 1. The summed E-state index contributed by atoms with van der Waals surface area (Å²) in [4.78, 5) is 0. The van der Waals surface area contributed by atoms with Crippen LogP contribution in [0.5, 0.6) is 5.75 Å². The van der Waals surface area contributed by atoms with Gasteiger partial charge in [0.2, 0.25) is 0 Å². The van der Waals surface area contributed by atoms with E-state index in [-0.39, 0.29) is 0 Å². The molecule has 0 N–H and O–H groups in total. The zero-order valence-corrected chi connectivity index (χ0v) is 9.90. The molecule has 0 aliphatic rings. The molecule has 76 valence electrons. The lowest BCUT2D eigenvalue weighted by molar-refractivity contribution is 0.340. The summed E-state index contributed by atoms with van der Waals surface area (Å²) in [5.41, 5.74) is 2.03. The van der Waals surface area contributed by atoms with Gasteiger partial charge in [-0.3, -0.25) is 0 Å². The van der Waals surface area contributed by atoms with E-state index in [1.807, 2.05) is 32.0 Å². The number of ether oxygens (including phenoxy) is 1. The number of rotatable bonds is 3. The first-order chi connectivity index (χ1) is 6.69. The van der Waals surface area contributed by atoms with E-state index >= 15 is 0 Å². The van der Waals surface area contributed by atoms with Gasteiger partial charge < -0.3 is 4.74 Å². The number of thiol groups is 1. The second kappa shape index (κ2) is 5.32. The molecule has 0 heterocycles. The Labute approximate surface area is 95.1 Å². The molecule has 0 saturated carbocycles. The van der Waals surface area contributed by atoms with Crippen LogP contribution in [0.15, 0.2) is 23.6 Å². The van der Waals surface area contributed by atoms with Crippen LogP contribution in [0, 0.1) is 0 Å². The smallest absolute Gasteiger partial charge is 0.120 e. The predicted octanol–water partition coefficient (Wildman–Crippen LogP) is 4.03. The van der Waals surface area contributed by atoms with Gasteiger partial charge >= 0.3 is 0 Å². The summed E-state index contributed by atoms with van der Waals surface area (Å²) in [6.45, 7) is 4.56. The van der Waals surface area contributed by atoms with Gasteiger partial charge in [0.05, 0.1) is 11.6 Å². The lowest BCUT2D eigenvalue weighted by Crippen LogP contribution is -1.91. The fraction of sp³-hybridized carbons (Fsp3) is 0.273. The lowest BCUT2D eigenvalue weighted by atomic mass is 10.1. The third-order valence-electron chi connectivity index (χ3n) is 1.87. The zero-order valence-electron chi connectivity index (χ0n) is 8.25. The Bertz CT molecular complexity index is 347. The molecular formula is C11H13ClOS. The quantitative estimate of drug-likeness (QED) is 0.769. The Hall–Kier alpha value is -0.600. The second-order valence-corrected chi connectivity index (χ2v) is 3.55. The molecule has 0 aromatic heterocycles. The zero-order chi connectivity index (χ0) is 10.6. The van der Waals surface area contributed by atoms with Gasteiger partial charge in [0.1, 0.15) is 5.75 Å². The van der Waals surface area contributed by atoms with Crippen LogP contribution in [-0.4, -0.2) is 6.61 Å². The van der Waals surface area contributed by atoms with Crippen molar-refractivity contribution in [1.82, 2.24) is 0 Å². The minimum Gasteiger partial charge on any atom is -0.494 e. The average molecular weight is 229 g/mol. The standard InChI is InChI=1S/C11H13ClOS/c1-3-13-9-4-5-10(8(2)7-14)11(12)6-9/h4-7,14H,3H2,1-2H3/b8-7+. The second-order valence-electron chi connectivity index (χ2n) is 2.89. The first-order valence-electron chi connectivity index (χ1n) is 4.42. The summed E-state index contributed by atoms with van der Waals surface area (Å²) >= 11 is 10.2. The molecule has 0 fully saturated rings. The molecule has 0 saturated heterocycles. The Morgan fingerprint density at radius 3 is 2.79 bits per heavy atom. The largest absolute Gasteiger partial charge is 0.494 e. The van der Waals surface area contributed by atoms with Crippen molar-refractivity contribution in [3.8, 4) is 5.75 Å². The Kier molecular flexibility index (Phi) is 4.36. The minimum absolute atomic E-state index is 0.650. The number of hydrogen-bond acceptors (Lipinski definition) is 2. The molecule has 1 aromatic carbocycles. The highest BCUT2D eigenvalue weighted by atomic mass is 35.5. The molecule has 1 rings (SSSR count). The van der Waals surface area contributed by atoms with Gasteiger partial charge in [0.25, 0.3) is 0 Å². The van der Waals surface area contributed by atoms with Crippen LogP contribution in [0.1, 0.15) is 19.4 Å². The maximum Gasteiger partial charge on any atom is 0.120 e. The highest BCUT2D eigenvalue weighted by Gasteiger charge is 2.03. The van der Waals surface area contributed by atoms with Crippen molar-refractivity contribution >= 4 is 29.8 Å². The van der Waals surface area contributed by atoms with Crippen molar-refractivity contribution in [3.05, 3.63) is 34.2 Å². The van der Waals surface area contributed by atoms with Crippen LogP contribution in [0.4, 0.5) is 0 Å². The fourth-order valence-electron chi connectivity index (χ4n) is 1.14. The molecular weight excluding hydrogens is 216 g/mol. The van der Waals surface area contributed by atoms with Crippen molar-refractivity contribution in [2.24, 2.45) is 0 Å². The molecule has 0 bridgehead atoms. The van der Waals surface area contributed by atoms with Crippen molar-refractivity contribution < 1.29 is 4.74 Å². The van der Waals surface area contributed by atoms with Crippen molar-refractivity contribution in [3.63, 3.8) is 0 Å². The van der Waals surface area contributed by atoms with Crippen LogP contribution in [0.3, 0.4) is 0 Å². The summed E-state index contributed by atoms with van der Waals surface area (Å²) in [6.07, 6.45) is 0. The Morgan fingerprint density at radius 2 is 2.29 bits per heavy atom. The van der Waals surface area contributed by atoms with Crippen LogP contribution >= 0.6 is 24.2 Å². The number of allylic oxidation sites excluding steroid dienone is 1. The first-order valence-corrected chi connectivity index (χ1v) is 5.32. The molecule has 0 atom stereocenters. The molecule has 0 aliphatic carbocycles. The molecule has 0 amide bonds. The monoisotopic (exact) mass is 228 g/mol. The Morgan fingerprint density at radius 1 is 1.57 bits per heavy atom. The van der Waals surface area contributed by atoms with Gasteiger partial charge in [-0.05, 0) is 48.6 Å². The summed E-state index contributed by atoms with van der Waals surface area (Å²) in [7, 11) is 0. The van der Waals surface area contributed by atoms with E-state index in [0.29, 0.717) is 11.6 Å². The topological polar surface area (TPSA) is 9.23 Å². The maximum absolute atomic E-state index is 6.08. The number of benzene rings is 1. The Balaban J connectivity index is 3.01.